The van der Waals surface area contributed by atoms with E-state index in [2.05, 4.69) is 34.2 Å². The van der Waals surface area contributed by atoms with E-state index in [0.29, 0.717) is 0 Å². The molecule has 20 heavy (non-hydrogen) atoms. The summed E-state index contributed by atoms with van der Waals surface area (Å²) in [6.07, 6.45) is 9.30. The highest BCUT2D eigenvalue weighted by atomic mass is 79.9. The molecule has 1 fully saturated rings. The van der Waals surface area contributed by atoms with Gasteiger partial charge in [0, 0.05) is 16.1 Å². The first-order chi connectivity index (χ1) is 9.70. The molecule has 3 heteroatoms. The topological polar surface area (TPSA) is 29.1 Å². The van der Waals surface area contributed by atoms with Crippen molar-refractivity contribution >= 4 is 27.5 Å². The molecule has 2 nitrogen and oxygen atoms in total. The molecule has 0 unspecified atom stereocenters. The molecular formula is C17H24BrNO. The number of carbonyl (C=O) groups is 1. The second-order valence-electron chi connectivity index (χ2n) is 5.69. The van der Waals surface area contributed by atoms with Gasteiger partial charge in [-0.05, 0) is 43.0 Å². The number of amides is 1. The van der Waals surface area contributed by atoms with Gasteiger partial charge in [-0.1, -0.05) is 55.0 Å². The van der Waals surface area contributed by atoms with E-state index in [1.54, 1.807) is 0 Å². The molecule has 2 rings (SSSR count). The minimum Gasteiger partial charge on any atom is -0.326 e. The molecule has 0 atom stereocenters. The molecule has 1 aromatic carbocycles. The zero-order chi connectivity index (χ0) is 14.4. The molecule has 0 heterocycles. The van der Waals surface area contributed by atoms with E-state index in [1.165, 1.54) is 37.7 Å². The Kier molecular flexibility index (Phi) is 6.08. The maximum Gasteiger partial charge on any atom is 0.227 e. The van der Waals surface area contributed by atoms with Crippen LogP contribution in [0, 0.1) is 5.92 Å². The molecule has 1 amide bonds. The number of rotatable bonds is 3. The third-order valence-electron chi connectivity index (χ3n) is 4.18. The molecule has 0 aromatic heterocycles. The number of nitrogens with one attached hydrogen (secondary N) is 1. The zero-order valence-corrected chi connectivity index (χ0v) is 13.8. The Morgan fingerprint density at radius 2 is 1.85 bits per heavy atom. The Balaban J connectivity index is 2.02. The van der Waals surface area contributed by atoms with Gasteiger partial charge in [-0.2, -0.15) is 0 Å². The molecule has 0 radical (unpaired) electrons. The zero-order valence-electron chi connectivity index (χ0n) is 12.3. The van der Waals surface area contributed by atoms with Crippen LogP contribution in [0.4, 0.5) is 5.69 Å². The number of anilines is 1. The summed E-state index contributed by atoms with van der Waals surface area (Å²) in [4.78, 5) is 12.5. The van der Waals surface area contributed by atoms with Gasteiger partial charge in [0.15, 0.2) is 0 Å². The van der Waals surface area contributed by atoms with E-state index in [0.717, 1.165) is 29.4 Å². The highest BCUT2D eigenvalue weighted by molar-refractivity contribution is 9.10. The first-order valence-corrected chi connectivity index (χ1v) is 8.59. The fourth-order valence-corrected chi connectivity index (χ4v) is 3.34. The Bertz CT molecular complexity index is 450. The molecule has 0 spiro atoms. The molecule has 1 aromatic rings. The Hall–Kier alpha value is -0.830. The smallest absolute Gasteiger partial charge is 0.227 e. The van der Waals surface area contributed by atoms with Crippen molar-refractivity contribution in [3.63, 3.8) is 0 Å². The van der Waals surface area contributed by atoms with E-state index >= 15 is 0 Å². The van der Waals surface area contributed by atoms with E-state index in [-0.39, 0.29) is 11.8 Å². The van der Waals surface area contributed by atoms with Crippen LogP contribution in [-0.2, 0) is 11.2 Å². The molecule has 1 aliphatic rings. The Morgan fingerprint density at radius 1 is 1.20 bits per heavy atom. The Labute approximate surface area is 130 Å². The van der Waals surface area contributed by atoms with Gasteiger partial charge >= 0.3 is 0 Å². The van der Waals surface area contributed by atoms with Crippen LogP contribution in [0.2, 0.25) is 0 Å². The van der Waals surface area contributed by atoms with Crippen LogP contribution in [0.5, 0.6) is 0 Å². The summed E-state index contributed by atoms with van der Waals surface area (Å²) in [6.45, 7) is 2.12. The third-order valence-corrected chi connectivity index (χ3v) is 4.68. The summed E-state index contributed by atoms with van der Waals surface area (Å²) in [5.41, 5.74) is 2.17. The van der Waals surface area contributed by atoms with Crippen LogP contribution in [0.3, 0.4) is 0 Å². The van der Waals surface area contributed by atoms with Crippen molar-refractivity contribution in [2.24, 2.45) is 5.92 Å². The summed E-state index contributed by atoms with van der Waals surface area (Å²) in [7, 11) is 0. The lowest BCUT2D eigenvalue weighted by molar-refractivity contribution is -0.120. The lowest BCUT2D eigenvalue weighted by Crippen LogP contribution is -2.24. The highest BCUT2D eigenvalue weighted by Crippen LogP contribution is 2.26. The second-order valence-corrected chi connectivity index (χ2v) is 6.60. The van der Waals surface area contributed by atoms with Crippen molar-refractivity contribution in [2.75, 3.05) is 5.32 Å². The number of carbonyl (C=O) groups excluding carboxylic acids is 1. The average molecular weight is 338 g/mol. The van der Waals surface area contributed by atoms with Crippen LogP contribution in [0.25, 0.3) is 0 Å². The molecule has 0 bridgehead atoms. The first-order valence-electron chi connectivity index (χ1n) is 7.80. The fraction of sp³-hybridized carbons (Fsp3) is 0.588. The molecular weight excluding hydrogens is 314 g/mol. The fourth-order valence-electron chi connectivity index (χ4n) is 2.93. The number of benzene rings is 1. The number of halogens is 1. The number of aryl methyl sites for hydroxylation is 1. The summed E-state index contributed by atoms with van der Waals surface area (Å²) in [5.74, 6) is 0.410. The molecule has 1 N–H and O–H groups in total. The molecule has 110 valence electrons. The molecule has 0 aliphatic heterocycles. The van der Waals surface area contributed by atoms with Crippen molar-refractivity contribution in [3.8, 4) is 0 Å². The van der Waals surface area contributed by atoms with Gasteiger partial charge in [-0.3, -0.25) is 4.79 Å². The average Bonchev–Trinajstić information content (AvgIpc) is 2.40. The summed E-state index contributed by atoms with van der Waals surface area (Å²) >= 11 is 3.49. The standard InChI is InChI=1S/C17H24BrNO/c1-2-13-12-15(18)10-11-16(13)19-17(20)14-8-6-4-3-5-7-9-14/h10-12,14H,2-9H2,1H3,(H,19,20). The molecule has 1 saturated carbocycles. The molecule has 1 aliphatic carbocycles. The van der Waals surface area contributed by atoms with Gasteiger partial charge < -0.3 is 5.32 Å². The maximum absolute atomic E-state index is 12.5. The van der Waals surface area contributed by atoms with E-state index < -0.39 is 0 Å². The van der Waals surface area contributed by atoms with Crippen LogP contribution in [0.15, 0.2) is 22.7 Å². The van der Waals surface area contributed by atoms with Gasteiger partial charge in [-0.25, -0.2) is 0 Å². The summed E-state index contributed by atoms with van der Waals surface area (Å²) < 4.78 is 1.07. The van der Waals surface area contributed by atoms with Gasteiger partial charge in [0.25, 0.3) is 0 Å². The lowest BCUT2D eigenvalue weighted by Gasteiger charge is -2.20. The summed E-state index contributed by atoms with van der Waals surface area (Å²) in [6, 6.07) is 6.09. The van der Waals surface area contributed by atoms with E-state index in [4.69, 9.17) is 0 Å². The highest BCUT2D eigenvalue weighted by Gasteiger charge is 2.20. The predicted molar refractivity (Wildman–Crippen MR) is 88.0 cm³/mol. The quantitative estimate of drug-likeness (QED) is 0.795. The van der Waals surface area contributed by atoms with Crippen LogP contribution < -0.4 is 5.32 Å². The van der Waals surface area contributed by atoms with E-state index in [1.807, 2.05) is 12.1 Å². The van der Waals surface area contributed by atoms with Crippen molar-refractivity contribution in [1.29, 1.82) is 0 Å². The van der Waals surface area contributed by atoms with E-state index in [9.17, 15) is 4.79 Å². The van der Waals surface area contributed by atoms with Crippen LogP contribution in [-0.4, -0.2) is 5.91 Å². The van der Waals surface area contributed by atoms with Gasteiger partial charge in [0.05, 0.1) is 0 Å². The number of hydrogen-bond acceptors (Lipinski definition) is 1. The van der Waals surface area contributed by atoms with Crippen molar-refractivity contribution in [2.45, 2.75) is 58.3 Å². The Morgan fingerprint density at radius 3 is 2.50 bits per heavy atom. The number of hydrogen-bond donors (Lipinski definition) is 1. The van der Waals surface area contributed by atoms with Gasteiger partial charge in [0.2, 0.25) is 5.91 Å². The SMILES string of the molecule is CCc1cc(Br)ccc1NC(=O)C1CCCCCCC1. The van der Waals surface area contributed by atoms with Crippen molar-refractivity contribution in [1.82, 2.24) is 0 Å². The second kappa shape index (κ2) is 7.82. The minimum absolute atomic E-state index is 0.198. The molecule has 0 saturated heterocycles. The third kappa shape index (κ3) is 4.34. The monoisotopic (exact) mass is 337 g/mol. The van der Waals surface area contributed by atoms with Crippen LogP contribution in [0.1, 0.15) is 57.4 Å². The summed E-state index contributed by atoms with van der Waals surface area (Å²) in [5, 5.41) is 3.15. The predicted octanol–water partition coefficient (Wildman–Crippen LogP) is 5.31. The van der Waals surface area contributed by atoms with Crippen molar-refractivity contribution in [3.05, 3.63) is 28.2 Å². The van der Waals surface area contributed by atoms with Crippen molar-refractivity contribution < 1.29 is 4.79 Å². The van der Waals surface area contributed by atoms with Gasteiger partial charge in [0.1, 0.15) is 0 Å². The van der Waals surface area contributed by atoms with Gasteiger partial charge in [-0.15, -0.1) is 0 Å². The lowest BCUT2D eigenvalue weighted by atomic mass is 9.90. The first kappa shape index (κ1) is 15.6. The minimum atomic E-state index is 0.198. The maximum atomic E-state index is 12.5. The largest absolute Gasteiger partial charge is 0.326 e. The normalized spacial score (nSPS) is 17.3. The van der Waals surface area contributed by atoms with Crippen LogP contribution >= 0.6 is 15.9 Å².